The van der Waals surface area contributed by atoms with Crippen LogP contribution in [-0.4, -0.2) is 0 Å². The zero-order valence-corrected chi connectivity index (χ0v) is 8.96. The van der Waals surface area contributed by atoms with Gasteiger partial charge in [0.15, 0.2) is 0 Å². The SMILES string of the molecule is CCC=COC=CCCCCCC. The van der Waals surface area contributed by atoms with E-state index in [1.165, 1.54) is 25.7 Å². The molecule has 0 heterocycles. The summed E-state index contributed by atoms with van der Waals surface area (Å²) in [6.45, 7) is 4.32. The van der Waals surface area contributed by atoms with E-state index in [-0.39, 0.29) is 0 Å². The van der Waals surface area contributed by atoms with Crippen LogP contribution in [0.1, 0.15) is 52.4 Å². The van der Waals surface area contributed by atoms with Gasteiger partial charge >= 0.3 is 0 Å². The monoisotopic (exact) mass is 182 g/mol. The molecule has 1 heteroatoms. The number of hydrogen-bond acceptors (Lipinski definition) is 1. The van der Waals surface area contributed by atoms with Crippen molar-refractivity contribution in [1.82, 2.24) is 0 Å². The van der Waals surface area contributed by atoms with Crippen LogP contribution in [0.5, 0.6) is 0 Å². The molecular weight excluding hydrogens is 160 g/mol. The number of hydrogen-bond donors (Lipinski definition) is 0. The molecule has 0 amide bonds. The average Bonchev–Trinajstić information content (AvgIpc) is 2.16. The highest BCUT2D eigenvalue weighted by atomic mass is 16.5. The van der Waals surface area contributed by atoms with Crippen LogP contribution in [0.3, 0.4) is 0 Å². The highest BCUT2D eigenvalue weighted by molar-refractivity contribution is 4.78. The van der Waals surface area contributed by atoms with E-state index in [0.29, 0.717) is 0 Å². The molecule has 0 aromatic heterocycles. The smallest absolute Gasteiger partial charge is 0.0861 e. The summed E-state index contributed by atoms with van der Waals surface area (Å²) in [5.74, 6) is 0. The molecule has 0 aliphatic heterocycles. The van der Waals surface area contributed by atoms with E-state index in [1.807, 2.05) is 6.08 Å². The Morgan fingerprint density at radius 1 is 0.923 bits per heavy atom. The van der Waals surface area contributed by atoms with E-state index in [2.05, 4.69) is 19.9 Å². The van der Waals surface area contributed by atoms with Crippen molar-refractivity contribution in [3.63, 3.8) is 0 Å². The zero-order chi connectivity index (χ0) is 9.78. The Labute approximate surface area is 82.5 Å². The van der Waals surface area contributed by atoms with Crippen molar-refractivity contribution in [2.45, 2.75) is 52.4 Å². The summed E-state index contributed by atoms with van der Waals surface area (Å²) >= 11 is 0. The number of unbranched alkanes of at least 4 members (excludes halogenated alkanes) is 4. The zero-order valence-electron chi connectivity index (χ0n) is 8.96. The van der Waals surface area contributed by atoms with Crippen LogP contribution >= 0.6 is 0 Å². The number of ether oxygens (including phenoxy) is 1. The third kappa shape index (κ3) is 11.3. The van der Waals surface area contributed by atoms with Gasteiger partial charge in [-0.2, -0.15) is 0 Å². The quantitative estimate of drug-likeness (QED) is 0.399. The second-order valence-corrected chi connectivity index (χ2v) is 3.14. The van der Waals surface area contributed by atoms with Crippen LogP contribution < -0.4 is 0 Å². The van der Waals surface area contributed by atoms with Gasteiger partial charge in [0, 0.05) is 0 Å². The van der Waals surface area contributed by atoms with Gasteiger partial charge in [0.2, 0.25) is 0 Å². The van der Waals surface area contributed by atoms with Gasteiger partial charge in [0.05, 0.1) is 12.5 Å². The molecule has 13 heavy (non-hydrogen) atoms. The Morgan fingerprint density at radius 3 is 2.38 bits per heavy atom. The Hall–Kier alpha value is -0.720. The predicted molar refractivity (Wildman–Crippen MR) is 58.4 cm³/mol. The molecule has 0 aliphatic rings. The maximum atomic E-state index is 5.12. The molecule has 0 radical (unpaired) electrons. The molecule has 0 unspecified atom stereocenters. The molecule has 76 valence electrons. The Kier molecular flexibility index (Phi) is 10.7. The highest BCUT2D eigenvalue weighted by Crippen LogP contribution is 2.02. The summed E-state index contributed by atoms with van der Waals surface area (Å²) < 4.78 is 5.12. The van der Waals surface area contributed by atoms with Crippen molar-refractivity contribution in [2.75, 3.05) is 0 Å². The minimum Gasteiger partial charge on any atom is -0.473 e. The van der Waals surface area contributed by atoms with Crippen molar-refractivity contribution in [1.29, 1.82) is 0 Å². The van der Waals surface area contributed by atoms with Crippen LogP contribution in [0.15, 0.2) is 24.7 Å². The summed E-state index contributed by atoms with van der Waals surface area (Å²) in [5.41, 5.74) is 0. The summed E-state index contributed by atoms with van der Waals surface area (Å²) in [5, 5.41) is 0. The van der Waals surface area contributed by atoms with E-state index in [1.54, 1.807) is 12.5 Å². The lowest BCUT2D eigenvalue weighted by Gasteiger charge is -1.94. The third-order valence-electron chi connectivity index (χ3n) is 1.81. The summed E-state index contributed by atoms with van der Waals surface area (Å²) in [4.78, 5) is 0. The molecule has 0 fully saturated rings. The molecular formula is C12H22O. The molecule has 0 aliphatic carbocycles. The van der Waals surface area contributed by atoms with Crippen molar-refractivity contribution in [3.8, 4) is 0 Å². The molecule has 0 rings (SSSR count). The summed E-state index contributed by atoms with van der Waals surface area (Å²) in [7, 11) is 0. The molecule has 0 aromatic carbocycles. The molecule has 0 atom stereocenters. The van der Waals surface area contributed by atoms with Gasteiger partial charge in [-0.15, -0.1) is 0 Å². The minimum atomic E-state index is 1.03. The van der Waals surface area contributed by atoms with E-state index < -0.39 is 0 Å². The van der Waals surface area contributed by atoms with Crippen LogP contribution in [0, 0.1) is 0 Å². The van der Waals surface area contributed by atoms with E-state index in [0.717, 1.165) is 12.8 Å². The lowest BCUT2D eigenvalue weighted by Crippen LogP contribution is -1.74. The predicted octanol–water partition coefficient (Wildman–Crippen LogP) is 4.41. The molecule has 0 aromatic rings. The molecule has 0 bridgehead atoms. The Morgan fingerprint density at radius 2 is 1.69 bits per heavy atom. The average molecular weight is 182 g/mol. The van der Waals surface area contributed by atoms with Crippen molar-refractivity contribution < 1.29 is 4.74 Å². The first-order chi connectivity index (χ1) is 6.41. The van der Waals surface area contributed by atoms with Gasteiger partial charge in [0.25, 0.3) is 0 Å². The van der Waals surface area contributed by atoms with Crippen molar-refractivity contribution in [3.05, 3.63) is 24.7 Å². The van der Waals surface area contributed by atoms with Crippen LogP contribution in [0.25, 0.3) is 0 Å². The Balaban J connectivity index is 3.08. The van der Waals surface area contributed by atoms with Crippen LogP contribution in [0.2, 0.25) is 0 Å². The van der Waals surface area contributed by atoms with Crippen LogP contribution in [-0.2, 0) is 4.74 Å². The lowest BCUT2D eigenvalue weighted by atomic mass is 10.2. The Bertz CT molecular complexity index is 136. The number of allylic oxidation sites excluding steroid dienone is 2. The van der Waals surface area contributed by atoms with E-state index in [4.69, 9.17) is 4.74 Å². The summed E-state index contributed by atoms with van der Waals surface area (Å²) in [6.07, 6.45) is 15.1. The van der Waals surface area contributed by atoms with Crippen LogP contribution in [0.4, 0.5) is 0 Å². The van der Waals surface area contributed by atoms with Gasteiger partial charge in [-0.25, -0.2) is 0 Å². The maximum absolute atomic E-state index is 5.12. The first kappa shape index (κ1) is 12.3. The van der Waals surface area contributed by atoms with Gasteiger partial charge in [-0.05, 0) is 31.4 Å². The second-order valence-electron chi connectivity index (χ2n) is 3.14. The molecule has 1 nitrogen and oxygen atoms in total. The molecule has 0 N–H and O–H groups in total. The topological polar surface area (TPSA) is 9.23 Å². The third-order valence-corrected chi connectivity index (χ3v) is 1.81. The fourth-order valence-corrected chi connectivity index (χ4v) is 1.01. The van der Waals surface area contributed by atoms with Gasteiger partial charge in [-0.3, -0.25) is 0 Å². The normalized spacial score (nSPS) is 11.5. The standard InChI is InChI=1S/C12H22O/c1-3-5-7-8-9-10-12-13-11-6-4-2/h6,10-12H,3-5,7-9H2,1-2H3. The lowest BCUT2D eigenvalue weighted by molar-refractivity contribution is 0.398. The summed E-state index contributed by atoms with van der Waals surface area (Å²) in [6, 6.07) is 0. The number of rotatable bonds is 8. The fourth-order valence-electron chi connectivity index (χ4n) is 1.01. The first-order valence-electron chi connectivity index (χ1n) is 5.37. The molecule has 0 spiro atoms. The van der Waals surface area contributed by atoms with Crippen molar-refractivity contribution in [2.24, 2.45) is 0 Å². The van der Waals surface area contributed by atoms with Gasteiger partial charge in [0.1, 0.15) is 0 Å². The first-order valence-corrected chi connectivity index (χ1v) is 5.37. The fraction of sp³-hybridized carbons (Fsp3) is 0.667. The van der Waals surface area contributed by atoms with Gasteiger partial charge < -0.3 is 4.74 Å². The highest BCUT2D eigenvalue weighted by Gasteiger charge is 1.83. The second kappa shape index (κ2) is 11.3. The van der Waals surface area contributed by atoms with E-state index >= 15 is 0 Å². The van der Waals surface area contributed by atoms with Gasteiger partial charge in [-0.1, -0.05) is 33.1 Å². The maximum Gasteiger partial charge on any atom is 0.0861 e. The van der Waals surface area contributed by atoms with Crippen molar-refractivity contribution >= 4 is 0 Å². The molecule has 0 saturated heterocycles. The van der Waals surface area contributed by atoms with E-state index in [9.17, 15) is 0 Å². The largest absolute Gasteiger partial charge is 0.473 e. The molecule has 0 saturated carbocycles. The minimum absolute atomic E-state index is 1.03.